The minimum absolute atomic E-state index is 0.00426. The summed E-state index contributed by atoms with van der Waals surface area (Å²) in [6.07, 6.45) is 3.87. The van der Waals surface area contributed by atoms with E-state index in [0.717, 1.165) is 17.9 Å². The number of carbonyl (C=O) groups excluding carboxylic acids is 1. The zero-order chi connectivity index (χ0) is 13.1. The maximum Gasteiger partial charge on any atom is 0.171 e. The van der Waals surface area contributed by atoms with Crippen molar-refractivity contribution >= 4 is 17.4 Å². The van der Waals surface area contributed by atoms with Crippen LogP contribution in [0.25, 0.3) is 0 Å². The topological polar surface area (TPSA) is 34.9 Å². The first kappa shape index (κ1) is 12.8. The number of halogens is 1. The van der Waals surface area contributed by atoms with Crippen molar-refractivity contribution in [2.45, 2.75) is 26.8 Å². The van der Waals surface area contributed by atoms with E-state index in [1.165, 1.54) is 0 Å². The molecule has 0 aliphatic carbocycles. The number of aryl methyl sites for hydroxylation is 2. The number of carbonyl (C=O) groups is 1. The number of Topliss-reactive ketones (excluding diaryl/α,β-unsaturated/α-hetero) is 1. The number of hydrogen-bond acceptors (Lipinski definition) is 2. The number of imidazole rings is 1. The summed E-state index contributed by atoms with van der Waals surface area (Å²) in [4.78, 5) is 16.4. The van der Waals surface area contributed by atoms with Crippen LogP contribution in [0.15, 0.2) is 30.6 Å². The Hall–Kier alpha value is -1.61. The highest BCUT2D eigenvalue weighted by atomic mass is 35.5. The van der Waals surface area contributed by atoms with Crippen molar-refractivity contribution in [2.24, 2.45) is 0 Å². The van der Waals surface area contributed by atoms with Gasteiger partial charge in [-0.25, -0.2) is 4.98 Å². The van der Waals surface area contributed by atoms with Gasteiger partial charge in [0.05, 0.1) is 11.4 Å². The number of aromatic nitrogens is 2. The van der Waals surface area contributed by atoms with E-state index in [2.05, 4.69) is 4.98 Å². The quantitative estimate of drug-likeness (QED) is 0.793. The highest BCUT2D eigenvalue weighted by molar-refractivity contribution is 6.34. The van der Waals surface area contributed by atoms with Crippen LogP contribution in [-0.4, -0.2) is 15.3 Å². The molecule has 0 saturated heterocycles. The van der Waals surface area contributed by atoms with Gasteiger partial charge < -0.3 is 4.57 Å². The Morgan fingerprint density at radius 1 is 1.44 bits per heavy atom. The van der Waals surface area contributed by atoms with E-state index in [4.69, 9.17) is 11.6 Å². The molecule has 3 nitrogen and oxygen atoms in total. The predicted molar refractivity (Wildman–Crippen MR) is 72.1 cm³/mol. The van der Waals surface area contributed by atoms with Crippen molar-refractivity contribution in [1.82, 2.24) is 9.55 Å². The van der Waals surface area contributed by atoms with Gasteiger partial charge in [-0.05, 0) is 25.5 Å². The molecule has 0 amide bonds. The van der Waals surface area contributed by atoms with E-state index < -0.39 is 0 Å². The largest absolute Gasteiger partial charge is 0.335 e. The summed E-state index contributed by atoms with van der Waals surface area (Å²) in [6.45, 7) is 4.73. The molecule has 18 heavy (non-hydrogen) atoms. The van der Waals surface area contributed by atoms with E-state index in [-0.39, 0.29) is 12.2 Å². The van der Waals surface area contributed by atoms with Crippen molar-refractivity contribution < 1.29 is 4.79 Å². The fourth-order valence-corrected chi connectivity index (χ4v) is 2.13. The number of rotatable bonds is 4. The molecule has 0 aliphatic heterocycles. The molecule has 2 rings (SSSR count). The summed E-state index contributed by atoms with van der Waals surface area (Å²) < 4.78 is 1.96. The van der Waals surface area contributed by atoms with Crippen LogP contribution in [0.2, 0.25) is 5.02 Å². The van der Waals surface area contributed by atoms with Crippen molar-refractivity contribution in [3.05, 3.63) is 52.6 Å². The Bertz CT molecular complexity index is 575. The van der Waals surface area contributed by atoms with E-state index in [9.17, 15) is 4.79 Å². The third kappa shape index (κ3) is 2.46. The van der Waals surface area contributed by atoms with Gasteiger partial charge in [-0.3, -0.25) is 4.79 Å². The molecule has 2 aromatic rings. The fraction of sp³-hybridized carbons (Fsp3) is 0.286. The maximum absolute atomic E-state index is 12.2. The average molecular weight is 263 g/mol. The Morgan fingerprint density at radius 2 is 2.22 bits per heavy atom. The van der Waals surface area contributed by atoms with Gasteiger partial charge in [0.25, 0.3) is 0 Å². The summed E-state index contributed by atoms with van der Waals surface area (Å²) >= 11 is 6.15. The van der Waals surface area contributed by atoms with Gasteiger partial charge in [-0.1, -0.05) is 23.7 Å². The molecule has 0 bridgehead atoms. The van der Waals surface area contributed by atoms with Gasteiger partial charge in [0, 0.05) is 24.5 Å². The van der Waals surface area contributed by atoms with Gasteiger partial charge in [-0.15, -0.1) is 0 Å². The van der Waals surface area contributed by atoms with Crippen LogP contribution in [0.5, 0.6) is 0 Å². The summed E-state index contributed by atoms with van der Waals surface area (Å²) in [5.74, 6) is 0.782. The van der Waals surface area contributed by atoms with Crippen molar-refractivity contribution in [3.8, 4) is 0 Å². The summed E-state index contributed by atoms with van der Waals surface area (Å²) in [7, 11) is 0. The van der Waals surface area contributed by atoms with Crippen LogP contribution in [0, 0.1) is 6.92 Å². The molecular formula is C14H15ClN2O. The van der Waals surface area contributed by atoms with Crippen molar-refractivity contribution in [2.75, 3.05) is 0 Å². The van der Waals surface area contributed by atoms with Gasteiger partial charge in [0.2, 0.25) is 0 Å². The van der Waals surface area contributed by atoms with Crippen LogP contribution < -0.4 is 0 Å². The molecule has 94 valence electrons. The molecule has 1 heterocycles. The molecule has 1 aromatic heterocycles. The van der Waals surface area contributed by atoms with Gasteiger partial charge in [0.1, 0.15) is 5.82 Å². The molecule has 0 atom stereocenters. The van der Waals surface area contributed by atoms with E-state index in [1.54, 1.807) is 12.3 Å². The first-order chi connectivity index (χ1) is 8.63. The second kappa shape index (κ2) is 5.36. The number of hydrogen-bond donors (Lipinski definition) is 0. The normalized spacial score (nSPS) is 10.6. The van der Waals surface area contributed by atoms with Crippen molar-refractivity contribution in [3.63, 3.8) is 0 Å². The third-order valence-electron chi connectivity index (χ3n) is 2.95. The summed E-state index contributed by atoms with van der Waals surface area (Å²) in [6, 6.07) is 5.50. The van der Waals surface area contributed by atoms with Crippen LogP contribution in [0.1, 0.15) is 28.7 Å². The van der Waals surface area contributed by atoms with Crippen LogP contribution >= 0.6 is 11.6 Å². The van der Waals surface area contributed by atoms with E-state index in [1.807, 2.05) is 36.7 Å². The fourth-order valence-electron chi connectivity index (χ4n) is 1.90. The van der Waals surface area contributed by atoms with Gasteiger partial charge in [-0.2, -0.15) is 0 Å². The van der Waals surface area contributed by atoms with Crippen LogP contribution in [-0.2, 0) is 13.0 Å². The van der Waals surface area contributed by atoms with E-state index in [0.29, 0.717) is 10.6 Å². The number of nitrogens with zero attached hydrogens (tertiary/aromatic N) is 2. The lowest BCUT2D eigenvalue weighted by Gasteiger charge is -2.07. The highest BCUT2D eigenvalue weighted by Gasteiger charge is 2.14. The molecule has 0 saturated carbocycles. The zero-order valence-corrected chi connectivity index (χ0v) is 11.2. The third-order valence-corrected chi connectivity index (χ3v) is 3.45. The lowest BCUT2D eigenvalue weighted by molar-refractivity contribution is 0.0990. The number of benzene rings is 1. The molecule has 0 aliphatic rings. The molecule has 0 fully saturated rings. The molecule has 0 radical (unpaired) electrons. The smallest absolute Gasteiger partial charge is 0.171 e. The molecular weight excluding hydrogens is 248 g/mol. The van der Waals surface area contributed by atoms with Gasteiger partial charge in [0.15, 0.2) is 5.78 Å². The maximum atomic E-state index is 12.2. The number of ketones is 1. The Balaban J connectivity index is 2.25. The van der Waals surface area contributed by atoms with Crippen LogP contribution in [0.3, 0.4) is 0 Å². The lowest BCUT2D eigenvalue weighted by atomic mass is 10.1. The highest BCUT2D eigenvalue weighted by Crippen LogP contribution is 2.21. The second-order valence-corrected chi connectivity index (χ2v) is 4.54. The van der Waals surface area contributed by atoms with Crippen molar-refractivity contribution in [1.29, 1.82) is 0 Å². The van der Waals surface area contributed by atoms with E-state index >= 15 is 0 Å². The standard InChI is InChI=1S/C14H15ClN2O/c1-3-17-8-7-16-13(17)9-12(18)11-6-4-5-10(2)14(11)15/h4-8H,3,9H2,1-2H3. The Labute approximate surface area is 111 Å². The molecule has 0 spiro atoms. The first-order valence-corrected chi connectivity index (χ1v) is 6.29. The molecule has 1 aromatic carbocycles. The average Bonchev–Trinajstić information content (AvgIpc) is 2.79. The zero-order valence-electron chi connectivity index (χ0n) is 10.5. The first-order valence-electron chi connectivity index (χ1n) is 5.91. The molecule has 0 N–H and O–H groups in total. The molecule has 0 unspecified atom stereocenters. The summed E-state index contributed by atoms with van der Waals surface area (Å²) in [5, 5.41) is 0.539. The summed E-state index contributed by atoms with van der Waals surface area (Å²) in [5.41, 5.74) is 1.49. The van der Waals surface area contributed by atoms with Gasteiger partial charge >= 0.3 is 0 Å². The molecule has 4 heteroatoms. The Kier molecular flexibility index (Phi) is 3.82. The SMILES string of the molecule is CCn1ccnc1CC(=O)c1cccc(C)c1Cl. The lowest BCUT2D eigenvalue weighted by Crippen LogP contribution is -2.10. The minimum atomic E-state index is 0.00426. The predicted octanol–water partition coefficient (Wildman–Crippen LogP) is 3.29. The Morgan fingerprint density at radius 3 is 2.94 bits per heavy atom. The second-order valence-electron chi connectivity index (χ2n) is 4.17. The monoisotopic (exact) mass is 262 g/mol. The van der Waals surface area contributed by atoms with Crippen LogP contribution in [0.4, 0.5) is 0 Å². The minimum Gasteiger partial charge on any atom is -0.335 e.